The van der Waals surface area contributed by atoms with Crippen molar-refractivity contribution in [2.24, 2.45) is 5.92 Å². The highest BCUT2D eigenvalue weighted by Crippen LogP contribution is 2.41. The Kier molecular flexibility index (Phi) is 4.13. The molecule has 2 rings (SSSR count). The van der Waals surface area contributed by atoms with Gasteiger partial charge in [0.2, 0.25) is 0 Å². The van der Waals surface area contributed by atoms with Crippen molar-refractivity contribution in [3.8, 4) is 5.75 Å². The number of hydrogen-bond acceptors (Lipinski definition) is 2. The molecule has 1 saturated carbocycles. The van der Waals surface area contributed by atoms with E-state index >= 15 is 0 Å². The van der Waals surface area contributed by atoms with Crippen LogP contribution in [0.3, 0.4) is 0 Å². The van der Waals surface area contributed by atoms with Gasteiger partial charge >= 0.3 is 5.97 Å². The molecule has 3 heteroatoms. The first-order chi connectivity index (χ1) is 9.02. The van der Waals surface area contributed by atoms with Crippen LogP contribution in [0.5, 0.6) is 5.75 Å². The Morgan fingerprint density at radius 1 is 1.21 bits per heavy atom. The van der Waals surface area contributed by atoms with E-state index in [0.29, 0.717) is 5.92 Å². The van der Waals surface area contributed by atoms with Crippen LogP contribution in [0.1, 0.15) is 48.3 Å². The minimum atomic E-state index is -0.647. The van der Waals surface area contributed by atoms with Gasteiger partial charge in [-0.15, -0.1) is 0 Å². The Bertz CT molecular complexity index is 471. The summed E-state index contributed by atoms with van der Waals surface area (Å²) in [6.45, 7) is 4.16. The lowest BCUT2D eigenvalue weighted by molar-refractivity contribution is -0.142. The van der Waals surface area contributed by atoms with Crippen LogP contribution in [0.2, 0.25) is 0 Å². The predicted octanol–water partition coefficient (Wildman–Crippen LogP) is 3.67. The van der Waals surface area contributed by atoms with Crippen LogP contribution in [0.15, 0.2) is 12.1 Å². The van der Waals surface area contributed by atoms with Gasteiger partial charge in [-0.25, -0.2) is 0 Å². The Hall–Kier alpha value is -1.51. The van der Waals surface area contributed by atoms with E-state index in [1.54, 1.807) is 7.11 Å². The van der Waals surface area contributed by atoms with Gasteiger partial charge in [-0.3, -0.25) is 4.79 Å². The van der Waals surface area contributed by atoms with Crippen LogP contribution in [0, 0.1) is 19.8 Å². The van der Waals surface area contributed by atoms with E-state index in [4.69, 9.17) is 9.84 Å². The lowest BCUT2D eigenvalue weighted by Gasteiger charge is -2.28. The predicted molar refractivity (Wildman–Crippen MR) is 74.8 cm³/mol. The van der Waals surface area contributed by atoms with E-state index in [2.05, 4.69) is 26.0 Å². The van der Waals surface area contributed by atoms with Crippen LogP contribution in [0.4, 0.5) is 0 Å². The van der Waals surface area contributed by atoms with Gasteiger partial charge in [-0.1, -0.05) is 17.7 Å². The Morgan fingerprint density at radius 3 is 2.37 bits per heavy atom. The third kappa shape index (κ3) is 2.91. The molecule has 0 bridgehead atoms. The van der Waals surface area contributed by atoms with Crippen molar-refractivity contribution >= 4 is 5.97 Å². The number of hydrogen-bond donors (Lipinski definition) is 1. The molecule has 0 heterocycles. The van der Waals surface area contributed by atoms with Gasteiger partial charge in [-0.05, 0) is 56.6 Å². The molecule has 3 nitrogen and oxygen atoms in total. The minimum Gasteiger partial charge on any atom is -0.496 e. The molecule has 1 aromatic carbocycles. The molecule has 1 fully saturated rings. The second-order valence-electron chi connectivity index (χ2n) is 5.59. The molecule has 1 aromatic rings. The van der Waals surface area contributed by atoms with Gasteiger partial charge in [0.1, 0.15) is 5.75 Å². The van der Waals surface area contributed by atoms with Crippen LogP contribution in [0.25, 0.3) is 0 Å². The molecular weight excluding hydrogens is 240 g/mol. The van der Waals surface area contributed by atoms with Gasteiger partial charge in [0.15, 0.2) is 0 Å². The van der Waals surface area contributed by atoms with Crippen molar-refractivity contribution in [2.45, 2.75) is 45.4 Å². The van der Waals surface area contributed by atoms with Crippen molar-refractivity contribution < 1.29 is 14.6 Å². The Labute approximate surface area is 114 Å². The van der Waals surface area contributed by atoms with Crippen molar-refractivity contribution in [1.29, 1.82) is 0 Å². The van der Waals surface area contributed by atoms with E-state index in [0.717, 1.165) is 37.0 Å². The molecule has 0 aliphatic heterocycles. The zero-order chi connectivity index (χ0) is 14.0. The highest BCUT2D eigenvalue weighted by atomic mass is 16.5. The zero-order valence-electron chi connectivity index (χ0n) is 11.9. The normalized spacial score (nSPS) is 23.1. The number of carboxylic acid groups (broad SMARTS) is 1. The first-order valence-corrected chi connectivity index (χ1v) is 6.91. The number of benzene rings is 1. The number of carbonyl (C=O) groups is 1. The quantitative estimate of drug-likeness (QED) is 0.904. The summed E-state index contributed by atoms with van der Waals surface area (Å²) in [5, 5.41) is 9.06. The van der Waals surface area contributed by atoms with Crippen LogP contribution in [-0.2, 0) is 4.79 Å². The summed E-state index contributed by atoms with van der Waals surface area (Å²) >= 11 is 0. The number of ether oxygens (including phenoxy) is 1. The van der Waals surface area contributed by atoms with E-state index in [1.807, 2.05) is 0 Å². The van der Waals surface area contributed by atoms with E-state index in [-0.39, 0.29) is 5.92 Å². The largest absolute Gasteiger partial charge is 0.496 e. The summed E-state index contributed by atoms with van der Waals surface area (Å²) in [7, 11) is 1.71. The fraction of sp³-hybridized carbons (Fsp3) is 0.562. The first kappa shape index (κ1) is 13.9. The molecule has 0 saturated heterocycles. The smallest absolute Gasteiger partial charge is 0.306 e. The second-order valence-corrected chi connectivity index (χ2v) is 5.59. The van der Waals surface area contributed by atoms with Crippen molar-refractivity contribution in [3.05, 3.63) is 28.8 Å². The molecule has 19 heavy (non-hydrogen) atoms. The number of carboxylic acids is 1. The number of aryl methyl sites for hydroxylation is 2. The Balaban J connectivity index is 2.21. The maximum absolute atomic E-state index is 11.0. The third-order valence-corrected chi connectivity index (χ3v) is 4.17. The molecule has 1 aliphatic carbocycles. The maximum atomic E-state index is 11.0. The van der Waals surface area contributed by atoms with E-state index < -0.39 is 5.97 Å². The van der Waals surface area contributed by atoms with Crippen LogP contribution in [-0.4, -0.2) is 18.2 Å². The third-order valence-electron chi connectivity index (χ3n) is 4.17. The summed E-state index contributed by atoms with van der Waals surface area (Å²) in [5.74, 6) is 0.604. The molecule has 0 amide bonds. The summed E-state index contributed by atoms with van der Waals surface area (Å²) < 4.78 is 5.54. The van der Waals surface area contributed by atoms with Gasteiger partial charge in [0.05, 0.1) is 13.0 Å². The molecule has 104 valence electrons. The van der Waals surface area contributed by atoms with Gasteiger partial charge < -0.3 is 9.84 Å². The topological polar surface area (TPSA) is 46.5 Å². The Morgan fingerprint density at radius 2 is 1.84 bits per heavy atom. The fourth-order valence-electron chi connectivity index (χ4n) is 3.22. The van der Waals surface area contributed by atoms with Gasteiger partial charge in [-0.2, -0.15) is 0 Å². The van der Waals surface area contributed by atoms with Crippen molar-refractivity contribution in [3.63, 3.8) is 0 Å². The second kappa shape index (κ2) is 5.64. The molecule has 1 N–H and O–H groups in total. The lowest BCUT2D eigenvalue weighted by atomic mass is 9.78. The fourth-order valence-corrected chi connectivity index (χ4v) is 3.22. The highest BCUT2D eigenvalue weighted by molar-refractivity contribution is 5.70. The van der Waals surface area contributed by atoms with Gasteiger partial charge in [0, 0.05) is 0 Å². The summed E-state index contributed by atoms with van der Waals surface area (Å²) in [6, 6.07) is 4.32. The zero-order valence-corrected chi connectivity index (χ0v) is 11.9. The summed E-state index contributed by atoms with van der Waals surface area (Å²) in [5.41, 5.74) is 3.66. The first-order valence-electron chi connectivity index (χ1n) is 6.91. The minimum absolute atomic E-state index is 0.159. The van der Waals surface area contributed by atoms with Crippen LogP contribution < -0.4 is 4.74 Å². The molecule has 0 aromatic heterocycles. The maximum Gasteiger partial charge on any atom is 0.306 e. The van der Waals surface area contributed by atoms with E-state index in [1.165, 1.54) is 11.1 Å². The van der Waals surface area contributed by atoms with Gasteiger partial charge in [0.25, 0.3) is 0 Å². The highest BCUT2D eigenvalue weighted by Gasteiger charge is 2.28. The molecule has 1 aliphatic rings. The summed E-state index contributed by atoms with van der Waals surface area (Å²) in [4.78, 5) is 11.0. The molecule has 0 spiro atoms. The monoisotopic (exact) mass is 262 g/mol. The molecule has 0 radical (unpaired) electrons. The average molecular weight is 262 g/mol. The molecule has 0 unspecified atom stereocenters. The SMILES string of the molecule is COc1c(C)cc(C)cc1C1CCC(C(=O)O)CC1. The molecule has 0 atom stereocenters. The van der Waals surface area contributed by atoms with E-state index in [9.17, 15) is 4.79 Å². The number of rotatable bonds is 3. The summed E-state index contributed by atoms with van der Waals surface area (Å²) in [6.07, 6.45) is 3.43. The lowest BCUT2D eigenvalue weighted by Crippen LogP contribution is -2.21. The number of aliphatic carboxylic acids is 1. The molecular formula is C16H22O3. The standard InChI is InChI=1S/C16H22O3/c1-10-8-11(2)15(19-3)14(9-10)12-4-6-13(7-5-12)16(17)18/h8-9,12-13H,4-7H2,1-3H3,(H,17,18). The van der Waals surface area contributed by atoms with Crippen LogP contribution >= 0.6 is 0 Å². The van der Waals surface area contributed by atoms with Crippen molar-refractivity contribution in [1.82, 2.24) is 0 Å². The number of methoxy groups -OCH3 is 1. The van der Waals surface area contributed by atoms with Crippen molar-refractivity contribution in [2.75, 3.05) is 7.11 Å². The average Bonchev–Trinajstić information content (AvgIpc) is 2.38.